The van der Waals surface area contributed by atoms with Gasteiger partial charge in [0.1, 0.15) is 24.1 Å². The van der Waals surface area contributed by atoms with E-state index < -0.39 is 0 Å². The summed E-state index contributed by atoms with van der Waals surface area (Å²) < 4.78 is 18.3. The Balaban J connectivity index is 2.19. The smallest absolute Gasteiger partial charge is 0.158 e. The summed E-state index contributed by atoms with van der Waals surface area (Å²) >= 11 is 0. The van der Waals surface area contributed by atoms with Gasteiger partial charge in [0, 0.05) is 20.2 Å². The van der Waals surface area contributed by atoms with Crippen LogP contribution in [0.5, 0.6) is 0 Å². The molecule has 0 amide bonds. The van der Waals surface area contributed by atoms with Crippen molar-refractivity contribution in [3.05, 3.63) is 47.5 Å². The zero-order valence-electron chi connectivity index (χ0n) is 12.4. The molecule has 1 aromatic carbocycles. The van der Waals surface area contributed by atoms with Crippen LogP contribution < -0.4 is 10.6 Å². The van der Waals surface area contributed by atoms with Gasteiger partial charge in [0.15, 0.2) is 5.82 Å². The van der Waals surface area contributed by atoms with Crippen molar-refractivity contribution >= 4 is 11.6 Å². The predicted octanol–water partition coefficient (Wildman–Crippen LogP) is 2.98. The van der Waals surface area contributed by atoms with Crippen molar-refractivity contribution in [2.24, 2.45) is 0 Å². The number of benzene rings is 1. The number of hydrogen-bond donors (Lipinski definition) is 2. The van der Waals surface area contributed by atoms with Crippen LogP contribution in [0.3, 0.4) is 0 Å². The maximum absolute atomic E-state index is 13.3. The molecule has 0 bridgehead atoms. The maximum atomic E-state index is 13.3. The van der Waals surface area contributed by atoms with Crippen molar-refractivity contribution in [2.75, 3.05) is 24.8 Å². The van der Waals surface area contributed by atoms with Crippen molar-refractivity contribution < 1.29 is 9.13 Å². The fourth-order valence-electron chi connectivity index (χ4n) is 1.97. The van der Waals surface area contributed by atoms with Gasteiger partial charge in [-0.1, -0.05) is 12.1 Å². The summed E-state index contributed by atoms with van der Waals surface area (Å²) in [5, 5.41) is 6.23. The van der Waals surface area contributed by atoms with Crippen molar-refractivity contribution in [3.8, 4) is 0 Å². The second kappa shape index (κ2) is 6.99. The van der Waals surface area contributed by atoms with E-state index in [4.69, 9.17) is 4.74 Å². The third-order valence-electron chi connectivity index (χ3n) is 3.02. The van der Waals surface area contributed by atoms with E-state index in [0.717, 1.165) is 5.56 Å². The highest BCUT2D eigenvalue weighted by atomic mass is 19.1. The Bertz CT molecular complexity index is 606. The quantitative estimate of drug-likeness (QED) is 0.856. The molecule has 0 radical (unpaired) electrons. The molecule has 0 aliphatic carbocycles. The molecule has 1 heterocycles. The molecule has 2 aromatic rings. The number of anilines is 2. The molecule has 6 heteroatoms. The maximum Gasteiger partial charge on any atom is 0.158 e. The largest absolute Gasteiger partial charge is 0.377 e. The molecule has 21 heavy (non-hydrogen) atoms. The number of rotatable bonds is 6. The van der Waals surface area contributed by atoms with Crippen LogP contribution in [0.15, 0.2) is 30.3 Å². The molecule has 2 rings (SSSR count). The van der Waals surface area contributed by atoms with Crippen LogP contribution in [0.4, 0.5) is 16.0 Å². The molecule has 5 nitrogen and oxygen atoms in total. The van der Waals surface area contributed by atoms with Gasteiger partial charge in [0.2, 0.25) is 0 Å². The van der Waals surface area contributed by atoms with Gasteiger partial charge in [0.05, 0.1) is 6.04 Å². The highest BCUT2D eigenvalue weighted by molar-refractivity contribution is 5.48. The Kier molecular flexibility index (Phi) is 5.05. The van der Waals surface area contributed by atoms with E-state index in [1.54, 1.807) is 26.3 Å². The third kappa shape index (κ3) is 4.13. The van der Waals surface area contributed by atoms with E-state index in [0.29, 0.717) is 24.1 Å². The van der Waals surface area contributed by atoms with E-state index in [2.05, 4.69) is 20.6 Å². The average Bonchev–Trinajstić information content (AvgIpc) is 2.47. The number of halogens is 1. The van der Waals surface area contributed by atoms with E-state index >= 15 is 0 Å². The van der Waals surface area contributed by atoms with Crippen molar-refractivity contribution in [1.29, 1.82) is 0 Å². The van der Waals surface area contributed by atoms with Crippen LogP contribution in [0.2, 0.25) is 0 Å². The Morgan fingerprint density at radius 2 is 2.00 bits per heavy atom. The minimum atomic E-state index is -0.250. The molecule has 1 unspecified atom stereocenters. The second-order valence-electron chi connectivity index (χ2n) is 4.66. The van der Waals surface area contributed by atoms with Gasteiger partial charge in [-0.25, -0.2) is 14.4 Å². The number of aromatic nitrogens is 2. The molecule has 0 aliphatic rings. The lowest BCUT2D eigenvalue weighted by molar-refractivity contribution is 0.178. The Hall–Kier alpha value is -2.21. The van der Waals surface area contributed by atoms with E-state index in [9.17, 15) is 4.39 Å². The van der Waals surface area contributed by atoms with Crippen LogP contribution in [0.25, 0.3) is 0 Å². The van der Waals surface area contributed by atoms with E-state index in [-0.39, 0.29) is 11.9 Å². The lowest BCUT2D eigenvalue weighted by atomic mass is 10.1. The van der Waals surface area contributed by atoms with Gasteiger partial charge in [-0.2, -0.15) is 0 Å². The first-order chi connectivity index (χ1) is 10.1. The summed E-state index contributed by atoms with van der Waals surface area (Å²) in [6, 6.07) is 8.23. The summed E-state index contributed by atoms with van der Waals surface area (Å²) in [6.45, 7) is 2.28. The van der Waals surface area contributed by atoms with Gasteiger partial charge in [-0.3, -0.25) is 0 Å². The monoisotopic (exact) mass is 290 g/mol. The predicted molar refractivity (Wildman–Crippen MR) is 80.7 cm³/mol. The first kappa shape index (κ1) is 15.2. The minimum Gasteiger partial charge on any atom is -0.377 e. The second-order valence-corrected chi connectivity index (χ2v) is 4.66. The van der Waals surface area contributed by atoms with Crippen LogP contribution in [0.1, 0.15) is 24.4 Å². The van der Waals surface area contributed by atoms with Crippen LogP contribution >= 0.6 is 0 Å². The lowest BCUT2D eigenvalue weighted by Gasteiger charge is -2.16. The number of nitrogens with zero attached hydrogens (tertiary/aromatic N) is 2. The van der Waals surface area contributed by atoms with E-state index in [1.807, 2.05) is 13.0 Å². The summed E-state index contributed by atoms with van der Waals surface area (Å²) in [6.07, 6.45) is 0. The fourth-order valence-corrected chi connectivity index (χ4v) is 1.97. The summed E-state index contributed by atoms with van der Waals surface area (Å²) in [7, 11) is 3.39. The van der Waals surface area contributed by atoms with E-state index in [1.165, 1.54) is 12.1 Å². The molecular formula is C15H19FN4O. The minimum absolute atomic E-state index is 0.0734. The summed E-state index contributed by atoms with van der Waals surface area (Å²) in [5.74, 6) is 1.70. The molecule has 0 saturated heterocycles. The summed E-state index contributed by atoms with van der Waals surface area (Å²) in [4.78, 5) is 8.67. The molecule has 112 valence electrons. The molecule has 1 atom stereocenters. The van der Waals surface area contributed by atoms with Crippen LogP contribution in [-0.4, -0.2) is 24.1 Å². The first-order valence-corrected chi connectivity index (χ1v) is 6.69. The Morgan fingerprint density at radius 3 is 2.67 bits per heavy atom. The Morgan fingerprint density at radius 1 is 1.24 bits per heavy atom. The molecule has 0 saturated carbocycles. The highest BCUT2D eigenvalue weighted by Crippen LogP contribution is 2.20. The van der Waals surface area contributed by atoms with Gasteiger partial charge < -0.3 is 15.4 Å². The topological polar surface area (TPSA) is 59.1 Å². The number of hydrogen-bond acceptors (Lipinski definition) is 5. The van der Waals surface area contributed by atoms with Gasteiger partial charge in [0.25, 0.3) is 0 Å². The van der Waals surface area contributed by atoms with Crippen molar-refractivity contribution in [2.45, 2.75) is 19.6 Å². The standard InChI is InChI=1S/C15H19FN4O/c1-10(11-5-4-6-12(16)7-11)18-14-8-13(17-2)19-15(20-14)9-21-3/h4-8,10H,9H2,1-3H3,(H2,17,18,19,20). The zero-order valence-corrected chi connectivity index (χ0v) is 12.4. The lowest BCUT2D eigenvalue weighted by Crippen LogP contribution is -2.11. The Labute approximate surface area is 123 Å². The van der Waals surface area contributed by atoms with Crippen molar-refractivity contribution in [3.63, 3.8) is 0 Å². The molecule has 0 aliphatic heterocycles. The van der Waals surface area contributed by atoms with Gasteiger partial charge in [-0.15, -0.1) is 0 Å². The molecule has 1 aromatic heterocycles. The molecule has 2 N–H and O–H groups in total. The average molecular weight is 290 g/mol. The van der Waals surface area contributed by atoms with Gasteiger partial charge in [-0.05, 0) is 24.6 Å². The zero-order chi connectivity index (χ0) is 15.2. The number of methoxy groups -OCH3 is 1. The van der Waals surface area contributed by atoms with Gasteiger partial charge >= 0.3 is 0 Å². The number of ether oxygens (including phenoxy) is 1. The van der Waals surface area contributed by atoms with Crippen LogP contribution in [-0.2, 0) is 11.3 Å². The first-order valence-electron chi connectivity index (χ1n) is 6.69. The molecule has 0 spiro atoms. The fraction of sp³-hybridized carbons (Fsp3) is 0.333. The SMILES string of the molecule is CNc1cc(NC(C)c2cccc(F)c2)nc(COC)n1. The highest BCUT2D eigenvalue weighted by Gasteiger charge is 2.09. The molecule has 0 fully saturated rings. The normalized spacial score (nSPS) is 12.0. The third-order valence-corrected chi connectivity index (χ3v) is 3.02. The summed E-state index contributed by atoms with van der Waals surface area (Å²) in [5.41, 5.74) is 0.855. The van der Waals surface area contributed by atoms with Crippen molar-refractivity contribution in [1.82, 2.24) is 9.97 Å². The number of nitrogens with one attached hydrogen (secondary N) is 2. The van der Waals surface area contributed by atoms with Crippen LogP contribution in [0, 0.1) is 5.82 Å². The molecular weight excluding hydrogens is 271 g/mol.